The topological polar surface area (TPSA) is 358 Å². The van der Waals surface area contributed by atoms with E-state index in [-0.39, 0.29) is 129 Å². The SMILES string of the molecule is CC1(C)CSC(c2ccc(Nc3cc(CC(=O)C4CC4(F)F)nc4c3N=C(C(F)F)C4)c(S(C)(=O)=O)c2)=N1.CC1(C)CSC(c2ccc(Nc3cc(CC(=O)C4CC4(F)F)nc4c3nc(C(F)F)n4C3CCCCO3)c(S(C)(=O)=O)c2)=N1.CC1(C)CSC(c2ccc(Nc3cc(Cl)nc4c3nc(C(F)F)n4C3CCCCO3)c(S(C)(=O)=O)c2)=N1.NC(=O)C1CC1(F)F. The molecule has 5 fully saturated rings. The number of alkyl halides is 12. The molecule has 17 rings (SSSR count). The van der Waals surface area contributed by atoms with Crippen molar-refractivity contribution in [3.63, 3.8) is 0 Å². The molecule has 127 heavy (non-hydrogen) atoms. The maximum atomic E-state index is 14.3. The first-order valence-corrected chi connectivity index (χ1v) is 48.9. The lowest BCUT2D eigenvalue weighted by Crippen LogP contribution is -2.21. The van der Waals surface area contributed by atoms with Gasteiger partial charge in [0, 0.05) is 111 Å². The number of hydrogen-bond donors (Lipinski definition) is 4. The quantitative estimate of drug-likeness (QED) is 0.0322. The third-order valence-corrected chi connectivity index (χ3v) is 29.5. The monoisotopic (exact) mass is 1910 g/mol. The predicted octanol–water partition coefficient (Wildman–Crippen LogP) is 17.7. The fourth-order valence-electron chi connectivity index (χ4n) is 14.8. The van der Waals surface area contributed by atoms with E-state index in [0.29, 0.717) is 52.8 Å². The van der Waals surface area contributed by atoms with Gasteiger partial charge in [-0.2, -0.15) is 0 Å². The van der Waals surface area contributed by atoms with E-state index in [0.717, 1.165) is 66.8 Å². The molecule has 5 aromatic heterocycles. The van der Waals surface area contributed by atoms with Crippen LogP contribution in [0.15, 0.2) is 107 Å². The number of rotatable bonds is 24. The molecule has 5 atom stereocenters. The van der Waals surface area contributed by atoms with E-state index in [1.165, 1.54) is 63.0 Å². The fourth-order valence-corrected chi connectivity index (χ4v) is 21.1. The molecular formula is C82H86ClF12N15O11S6. The minimum absolute atomic E-state index is 0.00317. The molecule has 0 spiro atoms. The van der Waals surface area contributed by atoms with E-state index in [2.05, 4.69) is 61.6 Å². The van der Waals surface area contributed by atoms with Crippen LogP contribution in [-0.4, -0.2) is 188 Å². The summed E-state index contributed by atoms with van der Waals surface area (Å²) in [5, 5.41) is 11.3. The number of aromatic nitrogens is 7. The number of ether oxygens (including phenoxy) is 2. The number of carbonyl (C=O) groups is 3. The molecule has 0 radical (unpaired) electrons. The Morgan fingerprint density at radius 2 is 0.858 bits per heavy atom. The first-order chi connectivity index (χ1) is 59.2. The van der Waals surface area contributed by atoms with E-state index >= 15 is 0 Å². The summed E-state index contributed by atoms with van der Waals surface area (Å²) in [6.45, 7) is 12.7. The van der Waals surface area contributed by atoms with Gasteiger partial charge in [0.2, 0.25) is 5.91 Å². The molecule has 3 saturated carbocycles. The minimum atomic E-state index is -3.81. The number of hydrogen-bond acceptors (Lipinski definition) is 26. The number of thioether (sulfide) groups is 3. The Kier molecular flexibility index (Phi) is 26.4. The van der Waals surface area contributed by atoms with E-state index in [1.54, 1.807) is 54.2 Å². The van der Waals surface area contributed by atoms with Crippen LogP contribution in [0.1, 0.15) is 170 Å². The summed E-state index contributed by atoms with van der Waals surface area (Å²) in [4.78, 5) is 74.3. The average molecular weight is 1910 g/mol. The first kappa shape index (κ1) is 94.3. The Labute approximate surface area is 739 Å². The number of nitrogens with two attached hydrogens (primary N) is 1. The maximum absolute atomic E-state index is 14.3. The Bertz CT molecular complexity index is 6260. The van der Waals surface area contributed by atoms with Crippen LogP contribution in [0.25, 0.3) is 22.3 Å². The maximum Gasteiger partial charge on any atom is 0.295 e. The van der Waals surface area contributed by atoms with Crippen LogP contribution in [0.2, 0.25) is 5.15 Å². The van der Waals surface area contributed by atoms with Gasteiger partial charge in [-0.1, -0.05) is 29.8 Å². The Morgan fingerprint density at radius 1 is 0.496 bits per heavy atom. The number of amides is 1. The van der Waals surface area contributed by atoms with Crippen LogP contribution in [0.3, 0.4) is 0 Å². The van der Waals surface area contributed by atoms with E-state index < -0.39 is 157 Å². The van der Waals surface area contributed by atoms with Crippen molar-refractivity contribution in [1.29, 1.82) is 0 Å². The lowest BCUT2D eigenvalue weighted by molar-refractivity contribution is -0.122. The molecule has 3 aromatic carbocycles. The summed E-state index contributed by atoms with van der Waals surface area (Å²) in [6, 6.07) is 18.7. The van der Waals surface area contributed by atoms with Gasteiger partial charge in [0.05, 0.1) is 115 Å². The summed E-state index contributed by atoms with van der Waals surface area (Å²) in [7, 11) is -11.2. The summed E-state index contributed by atoms with van der Waals surface area (Å²) < 4.78 is 252. The van der Waals surface area contributed by atoms with Crippen LogP contribution < -0.4 is 21.7 Å². The summed E-state index contributed by atoms with van der Waals surface area (Å²) in [6.07, 6.45) is -5.38. The van der Waals surface area contributed by atoms with Crippen LogP contribution in [0, 0.1) is 17.8 Å². The number of pyridine rings is 3. The number of primary amides is 1. The molecule has 0 bridgehead atoms. The lowest BCUT2D eigenvalue weighted by atomic mass is 10.1. The Hall–Kier alpha value is -8.79. The van der Waals surface area contributed by atoms with Gasteiger partial charge < -0.3 is 31.2 Å². The third kappa shape index (κ3) is 21.6. The van der Waals surface area contributed by atoms with E-state index in [4.69, 9.17) is 26.1 Å². The number of aliphatic imine (C=N–C) groups is 4. The predicted molar refractivity (Wildman–Crippen MR) is 462 cm³/mol. The Balaban J connectivity index is 0.000000148. The van der Waals surface area contributed by atoms with Gasteiger partial charge in [-0.15, -0.1) is 35.3 Å². The normalized spacial score (nSPS) is 22.1. The number of Topliss-reactive ketones (excluding diaryl/α,β-unsaturated/α-hetero) is 2. The molecule has 9 aliphatic rings. The molecular weight excluding hydrogens is 1830 g/mol. The van der Waals surface area contributed by atoms with Crippen molar-refractivity contribution in [2.24, 2.45) is 43.5 Å². The number of nitrogens with one attached hydrogen (secondary N) is 3. The van der Waals surface area contributed by atoms with Crippen molar-refractivity contribution in [3.05, 3.63) is 123 Å². The van der Waals surface area contributed by atoms with Crippen LogP contribution in [0.4, 0.5) is 92.5 Å². The molecule has 6 aliphatic heterocycles. The van der Waals surface area contributed by atoms with Crippen molar-refractivity contribution in [2.45, 2.75) is 199 Å². The number of benzene rings is 3. The molecule has 45 heteroatoms. The van der Waals surface area contributed by atoms with Gasteiger partial charge in [-0.3, -0.25) is 43.5 Å². The lowest BCUT2D eigenvalue weighted by Gasteiger charge is -2.25. The summed E-state index contributed by atoms with van der Waals surface area (Å²) in [5.41, 5.74) is 7.04. The number of fused-ring (bicyclic) bond motifs is 3. The number of ketones is 2. The molecule has 5 unspecified atom stereocenters. The second kappa shape index (κ2) is 35.5. The summed E-state index contributed by atoms with van der Waals surface area (Å²) in [5.74, 6) is -14.0. The highest BCUT2D eigenvalue weighted by Crippen LogP contribution is 2.53. The van der Waals surface area contributed by atoms with Gasteiger partial charge in [-0.05, 0) is 129 Å². The highest BCUT2D eigenvalue weighted by molar-refractivity contribution is 8.15. The molecule has 2 saturated heterocycles. The average Bonchev–Trinajstić information content (AvgIpc) is 1.58. The number of halogens is 13. The molecule has 5 N–H and O–H groups in total. The second-order valence-corrected chi connectivity index (χ2v) is 43.3. The number of carbonyl (C=O) groups excluding carboxylic acids is 3. The molecule has 1 amide bonds. The van der Waals surface area contributed by atoms with Gasteiger partial charge in [0.15, 0.2) is 52.5 Å². The molecule has 682 valence electrons. The highest BCUT2D eigenvalue weighted by Gasteiger charge is 2.62. The van der Waals surface area contributed by atoms with Crippen LogP contribution >= 0.6 is 46.9 Å². The van der Waals surface area contributed by atoms with Crippen LogP contribution in [-0.2, 0) is 72.6 Å². The van der Waals surface area contributed by atoms with Gasteiger partial charge >= 0.3 is 0 Å². The van der Waals surface area contributed by atoms with Crippen molar-refractivity contribution in [2.75, 3.05) is 65.2 Å². The van der Waals surface area contributed by atoms with Crippen molar-refractivity contribution >= 4 is 177 Å². The number of anilines is 6. The van der Waals surface area contributed by atoms with E-state index in [9.17, 15) is 92.3 Å². The third-order valence-electron chi connectivity index (χ3n) is 21.5. The number of imidazole rings is 2. The summed E-state index contributed by atoms with van der Waals surface area (Å²) >= 11 is 10.9. The molecule has 8 aromatic rings. The zero-order chi connectivity index (χ0) is 92.1. The zero-order valence-electron chi connectivity index (χ0n) is 69.4. The largest absolute Gasteiger partial charge is 0.369 e. The van der Waals surface area contributed by atoms with Gasteiger partial charge in [-0.25, -0.2) is 103 Å². The standard InChI is InChI=1S/C29H31F4N5O4S2.C25H24F4N4O3S2.C24H26ClF2N5O3S2.C4H5F2NO/c1-28(2)14-43-27(37-28)15-7-8-18(21(10-15)44(3,40)41)35-19-11-16(12-20(39)17-13-29(17,32)33)34-25-23(19)36-26(24(30)31)38(25)22-6-4-5-9-42-22;1-24(2)11-37-23(33-24)12-4-5-15(20(6-12)38(3,35)36)31-16-7-13(8-19(34)14-10-25(14,28)29)30-17-9-18(22(26)27)32-21(16)17;1-24(2)12-36-23(31-24)13-7-8-14(16(10-13)37(3,33)34)28-15-11-17(25)29-21-19(15)30-22(20(26)27)32(21)18-6-4-5-9-35-18;5-4(6)1-2(4)3(7)8/h7-8,10-11,17,22,24H,4-6,9,12-14H2,1-3H3,(H,34,35);4-7,14,22H,8-11H2,1-3H3,(H,30,31);7-8,10-11,18,20H,4-6,9,12H2,1-3H3,(H,28,29);2H,1H2,(H2,7,8). The highest BCUT2D eigenvalue weighted by atomic mass is 35.5. The van der Waals surface area contributed by atoms with Crippen molar-refractivity contribution < 1.29 is 102 Å². The van der Waals surface area contributed by atoms with Gasteiger partial charge in [0.25, 0.3) is 37.0 Å². The fraction of sp³-hybridized carbons (Fsp3) is 0.488. The van der Waals surface area contributed by atoms with Crippen LogP contribution in [0.5, 0.6) is 0 Å². The molecule has 11 heterocycles. The van der Waals surface area contributed by atoms with Gasteiger partial charge in [0.1, 0.15) is 51.8 Å². The molecule has 26 nitrogen and oxygen atoms in total. The number of nitrogens with zero attached hydrogens (tertiary/aromatic N) is 11. The van der Waals surface area contributed by atoms with Crippen molar-refractivity contribution in [1.82, 2.24) is 34.1 Å². The Morgan fingerprint density at radius 3 is 1.18 bits per heavy atom. The van der Waals surface area contributed by atoms with Crippen molar-refractivity contribution in [3.8, 4) is 0 Å². The van der Waals surface area contributed by atoms with E-state index in [1.807, 2.05) is 41.5 Å². The smallest absolute Gasteiger partial charge is 0.295 e. The minimum Gasteiger partial charge on any atom is -0.369 e. The molecule has 3 aliphatic carbocycles. The second-order valence-electron chi connectivity index (χ2n) is 34.1. The first-order valence-electron chi connectivity index (χ1n) is 39.9. The zero-order valence-corrected chi connectivity index (χ0v) is 75.1. The number of sulfone groups is 3.